The standard InChI is InChI=1S/C9H10O2.C2H6/c1-2-9(10)11-8-6-4-3-5-7-8;1-2/h3-7H,2H2,1H3;1-2H3. The largest absolute Gasteiger partial charge is 0.427 e. The maximum Gasteiger partial charge on any atom is 0.310 e. The fourth-order valence-electron chi connectivity index (χ4n) is 0.692. The number of esters is 1. The van der Waals surface area contributed by atoms with Crippen molar-refractivity contribution in [3.05, 3.63) is 30.3 Å². The first kappa shape index (κ1) is 11.7. The number of hydrogen-bond donors (Lipinski definition) is 0. The van der Waals surface area contributed by atoms with Crippen molar-refractivity contribution in [2.45, 2.75) is 27.2 Å². The maximum absolute atomic E-state index is 10.8. The van der Waals surface area contributed by atoms with Gasteiger partial charge in [0.05, 0.1) is 0 Å². The minimum atomic E-state index is -0.198. The van der Waals surface area contributed by atoms with Gasteiger partial charge in [-0.3, -0.25) is 4.79 Å². The van der Waals surface area contributed by atoms with Gasteiger partial charge in [-0.1, -0.05) is 39.0 Å². The molecule has 0 heterocycles. The van der Waals surface area contributed by atoms with E-state index in [9.17, 15) is 4.79 Å². The van der Waals surface area contributed by atoms with Crippen molar-refractivity contribution in [1.29, 1.82) is 0 Å². The Labute approximate surface area is 79.5 Å². The van der Waals surface area contributed by atoms with Gasteiger partial charge in [0, 0.05) is 6.42 Å². The van der Waals surface area contributed by atoms with Crippen molar-refractivity contribution in [2.75, 3.05) is 0 Å². The average molecular weight is 180 g/mol. The summed E-state index contributed by atoms with van der Waals surface area (Å²) in [7, 11) is 0. The van der Waals surface area contributed by atoms with E-state index >= 15 is 0 Å². The van der Waals surface area contributed by atoms with Crippen molar-refractivity contribution in [3.63, 3.8) is 0 Å². The van der Waals surface area contributed by atoms with Gasteiger partial charge in [0.1, 0.15) is 5.75 Å². The lowest BCUT2D eigenvalue weighted by atomic mass is 10.3. The molecule has 0 saturated heterocycles. The monoisotopic (exact) mass is 180 g/mol. The quantitative estimate of drug-likeness (QED) is 0.516. The van der Waals surface area contributed by atoms with E-state index in [1.54, 1.807) is 19.1 Å². The number of hydrogen-bond acceptors (Lipinski definition) is 2. The van der Waals surface area contributed by atoms with Crippen LogP contribution in [0.3, 0.4) is 0 Å². The summed E-state index contributed by atoms with van der Waals surface area (Å²) >= 11 is 0. The molecule has 0 unspecified atom stereocenters. The third kappa shape index (κ3) is 5.01. The van der Waals surface area contributed by atoms with Gasteiger partial charge in [0.15, 0.2) is 0 Å². The third-order valence-corrected chi connectivity index (χ3v) is 1.26. The Balaban J connectivity index is 0.000000671. The molecule has 0 atom stereocenters. The van der Waals surface area contributed by atoms with Crippen LogP contribution < -0.4 is 4.74 Å². The number of ether oxygens (including phenoxy) is 1. The highest BCUT2D eigenvalue weighted by molar-refractivity contribution is 5.71. The summed E-state index contributed by atoms with van der Waals surface area (Å²) in [6, 6.07) is 9.06. The summed E-state index contributed by atoms with van der Waals surface area (Å²) in [5.41, 5.74) is 0. The van der Waals surface area contributed by atoms with Gasteiger partial charge in [-0.25, -0.2) is 0 Å². The highest BCUT2D eigenvalue weighted by Crippen LogP contribution is 2.08. The molecule has 1 aromatic carbocycles. The molecule has 0 aliphatic heterocycles. The molecule has 0 fully saturated rings. The van der Waals surface area contributed by atoms with Crippen LogP contribution in [0.15, 0.2) is 30.3 Å². The van der Waals surface area contributed by atoms with E-state index in [0.29, 0.717) is 12.2 Å². The van der Waals surface area contributed by atoms with Crippen LogP contribution in [-0.4, -0.2) is 5.97 Å². The Morgan fingerprint density at radius 3 is 2.23 bits per heavy atom. The van der Waals surface area contributed by atoms with E-state index in [1.165, 1.54) is 0 Å². The first-order valence-electron chi connectivity index (χ1n) is 4.58. The van der Waals surface area contributed by atoms with Gasteiger partial charge in [0.25, 0.3) is 0 Å². The highest BCUT2D eigenvalue weighted by Gasteiger charge is 1.98. The molecule has 0 radical (unpaired) electrons. The second kappa shape index (κ2) is 7.35. The molecule has 0 aliphatic carbocycles. The molecule has 0 saturated carbocycles. The second-order valence-corrected chi connectivity index (χ2v) is 2.14. The second-order valence-electron chi connectivity index (χ2n) is 2.14. The fraction of sp³-hybridized carbons (Fsp3) is 0.364. The van der Waals surface area contributed by atoms with Gasteiger partial charge in [-0.05, 0) is 12.1 Å². The van der Waals surface area contributed by atoms with Crippen LogP contribution in [0.2, 0.25) is 0 Å². The summed E-state index contributed by atoms with van der Waals surface area (Å²) in [6.07, 6.45) is 0.412. The van der Waals surface area contributed by atoms with Gasteiger partial charge < -0.3 is 4.74 Å². The molecular formula is C11H16O2. The number of benzene rings is 1. The van der Waals surface area contributed by atoms with E-state index in [-0.39, 0.29) is 5.97 Å². The Morgan fingerprint density at radius 1 is 1.23 bits per heavy atom. The topological polar surface area (TPSA) is 26.3 Å². The number of carbonyl (C=O) groups is 1. The van der Waals surface area contributed by atoms with Crippen LogP contribution in [0.25, 0.3) is 0 Å². The summed E-state index contributed by atoms with van der Waals surface area (Å²) < 4.78 is 4.92. The molecule has 0 bridgehead atoms. The van der Waals surface area contributed by atoms with E-state index in [2.05, 4.69) is 0 Å². The van der Waals surface area contributed by atoms with Crippen LogP contribution in [0.1, 0.15) is 27.2 Å². The Kier molecular flexibility index (Phi) is 6.60. The summed E-state index contributed by atoms with van der Waals surface area (Å²) in [4.78, 5) is 10.8. The van der Waals surface area contributed by atoms with E-state index < -0.39 is 0 Å². The normalized spacial score (nSPS) is 8.23. The first-order valence-corrected chi connectivity index (χ1v) is 4.58. The van der Waals surface area contributed by atoms with Crippen molar-refractivity contribution >= 4 is 5.97 Å². The highest BCUT2D eigenvalue weighted by atomic mass is 16.5. The van der Waals surface area contributed by atoms with Crippen molar-refractivity contribution < 1.29 is 9.53 Å². The summed E-state index contributed by atoms with van der Waals surface area (Å²) in [6.45, 7) is 5.77. The lowest BCUT2D eigenvalue weighted by molar-refractivity contribution is -0.134. The lowest BCUT2D eigenvalue weighted by Gasteiger charge is -1.99. The number of carbonyl (C=O) groups excluding carboxylic acids is 1. The zero-order valence-corrected chi connectivity index (χ0v) is 8.41. The molecule has 13 heavy (non-hydrogen) atoms. The van der Waals surface area contributed by atoms with E-state index in [0.717, 1.165) is 0 Å². The molecule has 0 aliphatic rings. The Hall–Kier alpha value is -1.31. The molecule has 0 N–H and O–H groups in total. The van der Waals surface area contributed by atoms with Crippen LogP contribution in [0.4, 0.5) is 0 Å². The molecular weight excluding hydrogens is 164 g/mol. The molecule has 0 spiro atoms. The van der Waals surface area contributed by atoms with E-state index in [4.69, 9.17) is 4.74 Å². The smallest absolute Gasteiger partial charge is 0.310 e. The number of rotatable bonds is 2. The van der Waals surface area contributed by atoms with Crippen molar-refractivity contribution in [3.8, 4) is 5.75 Å². The van der Waals surface area contributed by atoms with Gasteiger partial charge >= 0.3 is 5.97 Å². The Bertz CT molecular complexity index is 229. The maximum atomic E-state index is 10.8. The minimum Gasteiger partial charge on any atom is -0.427 e. The molecule has 2 nitrogen and oxygen atoms in total. The van der Waals surface area contributed by atoms with E-state index in [1.807, 2.05) is 32.0 Å². The molecule has 0 amide bonds. The zero-order valence-electron chi connectivity index (χ0n) is 8.41. The number of para-hydroxylation sites is 1. The zero-order chi connectivity index (χ0) is 10.1. The fourth-order valence-corrected chi connectivity index (χ4v) is 0.692. The van der Waals surface area contributed by atoms with Gasteiger partial charge in [-0.2, -0.15) is 0 Å². The van der Waals surface area contributed by atoms with Crippen LogP contribution in [0.5, 0.6) is 5.75 Å². The average Bonchev–Trinajstić information content (AvgIpc) is 2.22. The molecule has 0 aromatic heterocycles. The lowest BCUT2D eigenvalue weighted by Crippen LogP contribution is -2.04. The molecule has 2 heteroatoms. The van der Waals surface area contributed by atoms with Gasteiger partial charge in [-0.15, -0.1) is 0 Å². The van der Waals surface area contributed by atoms with Crippen molar-refractivity contribution in [1.82, 2.24) is 0 Å². The van der Waals surface area contributed by atoms with Crippen molar-refractivity contribution in [2.24, 2.45) is 0 Å². The SMILES string of the molecule is CC.CCC(=O)Oc1ccccc1. The minimum absolute atomic E-state index is 0.198. The molecule has 1 rings (SSSR count). The summed E-state index contributed by atoms with van der Waals surface area (Å²) in [5, 5.41) is 0. The molecule has 72 valence electrons. The summed E-state index contributed by atoms with van der Waals surface area (Å²) in [5.74, 6) is 0.413. The predicted octanol–water partition coefficient (Wildman–Crippen LogP) is 3.03. The van der Waals surface area contributed by atoms with Crippen LogP contribution in [0, 0.1) is 0 Å². The first-order chi connectivity index (χ1) is 6.33. The third-order valence-electron chi connectivity index (χ3n) is 1.26. The van der Waals surface area contributed by atoms with Crippen LogP contribution >= 0.6 is 0 Å². The van der Waals surface area contributed by atoms with Gasteiger partial charge in [0.2, 0.25) is 0 Å². The Morgan fingerprint density at radius 2 is 1.77 bits per heavy atom. The van der Waals surface area contributed by atoms with Crippen LogP contribution in [-0.2, 0) is 4.79 Å². The predicted molar refractivity (Wildman–Crippen MR) is 53.7 cm³/mol. The molecule has 1 aromatic rings.